The lowest BCUT2D eigenvalue weighted by Crippen LogP contribution is -2.53. The molecule has 348 valence electrons. The summed E-state index contributed by atoms with van der Waals surface area (Å²) in [5, 5.41) is 8.68. The molecule has 1 aliphatic heterocycles. The van der Waals surface area contributed by atoms with Crippen LogP contribution in [0, 0.1) is 0 Å². The van der Waals surface area contributed by atoms with Gasteiger partial charge in [0.1, 0.15) is 235 Å². The van der Waals surface area contributed by atoms with Crippen molar-refractivity contribution in [3.63, 3.8) is 0 Å². The Morgan fingerprint density at radius 2 is 0.456 bits per heavy atom. The van der Waals surface area contributed by atoms with E-state index in [1.807, 2.05) is 0 Å². The molecule has 2 atom stereocenters. The van der Waals surface area contributed by atoms with Crippen LogP contribution in [0.15, 0.2) is 16.4 Å². The van der Waals surface area contributed by atoms with Crippen molar-refractivity contribution in [3.05, 3.63) is 22.0 Å². The summed E-state index contributed by atoms with van der Waals surface area (Å²) in [6, 6.07) is 0. The van der Waals surface area contributed by atoms with Crippen LogP contribution in [0.4, 0.5) is 0 Å². The maximum absolute atomic E-state index is 2.50. The van der Waals surface area contributed by atoms with Crippen LogP contribution in [-0.2, 0) is 0 Å². The highest BCUT2D eigenvalue weighted by molar-refractivity contribution is 6.86. The first-order chi connectivity index (χ1) is 36.8. The van der Waals surface area contributed by atoms with Gasteiger partial charge in [-0.05, 0) is 88.2 Å². The fourth-order valence-corrected chi connectivity index (χ4v) is 16.8. The van der Waals surface area contributed by atoms with Gasteiger partial charge in [-0.1, -0.05) is 132 Å². The molecule has 1 aliphatic carbocycles. The monoisotopic (exact) mass is 981 g/mol. The molecule has 0 N–H and O–H groups in total. The van der Waals surface area contributed by atoms with Crippen molar-refractivity contribution in [2.24, 2.45) is 0 Å². The Hall–Kier alpha value is -3.97. The highest BCUT2D eigenvalue weighted by Gasteiger charge is 2.36. The second kappa shape index (κ2) is 19.9. The normalized spacial score (nSPS) is 15.1. The molecule has 0 spiro atoms. The molecule has 2 aliphatic rings. The molecule has 79 heavy (non-hydrogen) atoms. The molecule has 8 aromatic carbocycles. The Morgan fingerprint density at radius 3 is 0.823 bits per heavy atom. The van der Waals surface area contributed by atoms with Crippen LogP contribution in [0.1, 0.15) is 5.56 Å². The average molecular weight is 975 g/mol. The van der Waals surface area contributed by atoms with Gasteiger partial charge in [-0.2, -0.15) is 0 Å². The van der Waals surface area contributed by atoms with E-state index in [2.05, 4.69) is 235 Å². The number of allylic oxidation sites excluding steroid dienone is 4. The van der Waals surface area contributed by atoms with Gasteiger partial charge in [-0.3, -0.25) is 0 Å². The first kappa shape index (κ1) is 58.2. The van der Waals surface area contributed by atoms with Crippen LogP contribution in [0.5, 0.6) is 0 Å². The van der Waals surface area contributed by atoms with E-state index in [-0.39, 0.29) is 0 Å². The summed E-state index contributed by atoms with van der Waals surface area (Å²) in [6.45, 7) is 0. The molecule has 8 aromatic rings. The van der Waals surface area contributed by atoms with Crippen molar-refractivity contribution in [3.8, 4) is 44.5 Å². The molecule has 10 rings (SSSR count). The minimum absolute atomic E-state index is 0.459. The lowest BCUT2D eigenvalue weighted by Gasteiger charge is -2.37. The van der Waals surface area contributed by atoms with Crippen LogP contribution < -0.4 is 147 Å². The van der Waals surface area contributed by atoms with Gasteiger partial charge in [0.15, 0.2) is 7.28 Å². The first-order valence-electron chi connectivity index (χ1n) is 30.0. The van der Waals surface area contributed by atoms with Gasteiger partial charge in [0.25, 0.3) is 0 Å². The molecular weight excluding hydrogens is 912 g/mol. The largest absolute Gasteiger partial charge is 0.192 e. The summed E-state index contributed by atoms with van der Waals surface area (Å²) in [6.07, 6.45) is 0. The number of fused-ring (bicyclic) bond motifs is 6. The molecule has 0 bridgehead atoms. The van der Waals surface area contributed by atoms with Crippen LogP contribution in [-0.4, -0.2) is 243 Å². The minimum atomic E-state index is 0.459. The molecule has 0 saturated carbocycles. The minimum Gasteiger partial charge on any atom is -0.121 e. The van der Waals surface area contributed by atoms with E-state index in [4.69, 9.17) is 0 Å². The summed E-state index contributed by atoms with van der Waals surface area (Å²) < 4.78 is 0. The number of rotatable bonds is 4. The van der Waals surface area contributed by atoms with E-state index in [1.54, 1.807) is 5.57 Å². The maximum atomic E-state index is 2.50. The Kier molecular flexibility index (Phi) is 14.6. The van der Waals surface area contributed by atoms with E-state index < -0.39 is 0 Å². The molecule has 31 heteroatoms. The van der Waals surface area contributed by atoms with E-state index in [0.717, 1.165) is 7.28 Å². The second-order valence-corrected chi connectivity index (χ2v) is 26.3. The Labute approximate surface area is 502 Å². The maximum Gasteiger partial charge on any atom is 0.192 e. The van der Waals surface area contributed by atoms with E-state index in [9.17, 15) is 0 Å². The topological polar surface area (TPSA) is 0 Å². The van der Waals surface area contributed by atoms with Crippen molar-refractivity contribution in [2.75, 3.05) is 0 Å². The highest BCUT2D eigenvalue weighted by Crippen LogP contribution is 2.44. The fraction of sp³-hybridized carbons (Fsp3) is 0.0417. The van der Waals surface area contributed by atoms with Crippen LogP contribution in [0.25, 0.3) is 82.4 Å². The Morgan fingerprint density at radius 1 is 0.190 bits per heavy atom. The van der Waals surface area contributed by atoms with Gasteiger partial charge in [-0.15, -0.1) is 43.7 Å². The number of hydrogen-bond donors (Lipinski definition) is 0. The van der Waals surface area contributed by atoms with Crippen LogP contribution in [0.3, 0.4) is 0 Å². The predicted octanol–water partition coefficient (Wildman–Crippen LogP) is -37.3. The third kappa shape index (κ3) is 7.65. The zero-order valence-corrected chi connectivity index (χ0v) is 54.9. The van der Waals surface area contributed by atoms with Crippen molar-refractivity contribution < 1.29 is 0 Å². The summed E-state index contributed by atoms with van der Waals surface area (Å²) in [7, 11) is 73.5. The number of hydrogen-bond acceptors (Lipinski definition) is 0. The van der Waals surface area contributed by atoms with Gasteiger partial charge in [0, 0.05) is 0 Å². The first-order valence-corrected chi connectivity index (χ1v) is 30.0. The van der Waals surface area contributed by atoms with Crippen molar-refractivity contribution >= 4 is 428 Å². The van der Waals surface area contributed by atoms with Crippen molar-refractivity contribution in [1.29, 1.82) is 0 Å². The summed E-state index contributed by atoms with van der Waals surface area (Å²) in [4.78, 5) is 0. The molecule has 0 aromatic heterocycles. The number of benzene rings is 8. The third-order valence-corrected chi connectivity index (χ3v) is 23.7. The Bertz CT molecular complexity index is 4200. The average Bonchev–Trinajstić information content (AvgIpc) is 4.06. The van der Waals surface area contributed by atoms with Gasteiger partial charge < -0.3 is 0 Å². The molecule has 0 nitrogen and oxygen atoms in total. The van der Waals surface area contributed by atoms with E-state index >= 15 is 0 Å². The van der Waals surface area contributed by atoms with Gasteiger partial charge in [-0.25, -0.2) is 0 Å². The summed E-state index contributed by atoms with van der Waals surface area (Å²) in [5.74, 6) is 0.975. The molecule has 0 radical (unpaired) electrons. The lowest BCUT2D eigenvalue weighted by atomic mass is 9.46. The predicted molar refractivity (Wildman–Crippen MR) is 456 cm³/mol. The zero-order valence-electron chi connectivity index (χ0n) is 54.9. The molecule has 1 heterocycles. The third-order valence-electron chi connectivity index (χ3n) is 23.7. The SMILES string of the molecule is BC1=C(B)C(B)C(B)C(c2c(B)c(B)c(-c3c(B)c(B)c(-c4c5c(B)c(B)c(B)c(B)c5c(-c5c(B)c(B)c6c(c5B)-c5c(c(B)c7c(B)c(B)c(B)c(B)c7c5B)B6)c5c(B)c(B)c(B)c(B)c45)c(B)c3B)c(B)c2B)=C1B. The molecule has 2 unspecified atom stereocenters. The lowest BCUT2D eigenvalue weighted by molar-refractivity contribution is 1.01. The smallest absolute Gasteiger partial charge is 0.121 e. The molecule has 0 fully saturated rings. The van der Waals surface area contributed by atoms with Crippen molar-refractivity contribution in [2.45, 2.75) is 11.6 Å². The highest BCUT2D eigenvalue weighted by atomic mass is 14.3. The van der Waals surface area contributed by atoms with Crippen molar-refractivity contribution in [1.82, 2.24) is 0 Å². The van der Waals surface area contributed by atoms with Crippen LogP contribution >= 0.6 is 0 Å². The quantitative estimate of drug-likeness (QED) is 0.122. The summed E-state index contributed by atoms with van der Waals surface area (Å²) in [5.41, 5.74) is 57.7. The van der Waals surface area contributed by atoms with E-state index in [1.165, 1.54) is 246 Å². The molecule has 0 amide bonds. The van der Waals surface area contributed by atoms with Gasteiger partial charge in [0.05, 0.1) is 0 Å². The molecule has 0 saturated heterocycles. The second-order valence-electron chi connectivity index (χ2n) is 26.3. The fourth-order valence-electron chi connectivity index (χ4n) is 16.8. The van der Waals surface area contributed by atoms with Gasteiger partial charge >= 0.3 is 0 Å². The van der Waals surface area contributed by atoms with Gasteiger partial charge in [0.2, 0.25) is 0 Å². The summed E-state index contributed by atoms with van der Waals surface area (Å²) >= 11 is 0. The van der Waals surface area contributed by atoms with Crippen LogP contribution in [0.2, 0.25) is 11.6 Å². The van der Waals surface area contributed by atoms with E-state index in [0.29, 0.717) is 11.6 Å². The zero-order chi connectivity index (χ0) is 58.4. The molecular formula is C48H63B31. The Balaban J connectivity index is 1.36. The standard InChI is InChI=1S/C48H63B31/c49-17-7(35(67)46(78)48-16(17)15-18(50)9-14(36(68)47(15)79-48)34(66)42(74)41(73)31(9)63)1-3-5(21(53)39(71)37(69)19(3)51)2(6-4(1)20(52)38(70)40(72)22(6)54)8-23(55)25(57)10(26(58)24(8)56)11-27(59)29(61)12(30(62)28(11)60)13-32(64)43(75)45(77)44(76)33(13)65/h32,43,79H,49-78H2.